The quantitative estimate of drug-likeness (QED) is 0.836. The fourth-order valence-corrected chi connectivity index (χ4v) is 3.37. The highest BCUT2D eigenvalue weighted by Crippen LogP contribution is 2.25. The summed E-state index contributed by atoms with van der Waals surface area (Å²) in [6.07, 6.45) is 1.48. The number of benzene rings is 2. The van der Waals surface area contributed by atoms with Gasteiger partial charge in [-0.25, -0.2) is 0 Å². The Morgan fingerprint density at radius 2 is 1.73 bits per heavy atom. The van der Waals surface area contributed by atoms with Gasteiger partial charge in [0.25, 0.3) is 5.91 Å². The van der Waals surface area contributed by atoms with E-state index in [-0.39, 0.29) is 23.8 Å². The van der Waals surface area contributed by atoms with Crippen LogP contribution in [0.1, 0.15) is 48.7 Å². The number of rotatable bonds is 5. The minimum atomic E-state index is -0.127. The number of nitrogens with one attached hydrogen (secondary N) is 1. The Morgan fingerprint density at radius 3 is 2.27 bits per heavy atom. The molecule has 5 heteroatoms. The van der Waals surface area contributed by atoms with Crippen molar-refractivity contribution < 1.29 is 9.59 Å². The van der Waals surface area contributed by atoms with Gasteiger partial charge >= 0.3 is 0 Å². The molecule has 0 aromatic heterocycles. The van der Waals surface area contributed by atoms with Crippen LogP contribution in [0, 0.1) is 5.92 Å². The molecule has 2 aromatic carbocycles. The number of anilines is 1. The van der Waals surface area contributed by atoms with Gasteiger partial charge in [0.05, 0.1) is 6.04 Å². The summed E-state index contributed by atoms with van der Waals surface area (Å²) < 4.78 is 0. The third kappa shape index (κ3) is 4.07. The van der Waals surface area contributed by atoms with E-state index in [1.165, 1.54) is 0 Å². The van der Waals surface area contributed by atoms with Crippen LogP contribution in [0.2, 0.25) is 5.02 Å². The standard InChI is InChI=1S/C21H23ClN2O2/c1-14(2)20(15-5-9-17(22)10-6-15)23-21(26)16-7-11-18(12-8-16)24-13-3-4-19(24)25/h5-12,14,20H,3-4,13H2,1-2H3,(H,23,26). The molecule has 0 spiro atoms. The van der Waals surface area contributed by atoms with E-state index in [9.17, 15) is 9.59 Å². The molecule has 26 heavy (non-hydrogen) atoms. The zero-order valence-electron chi connectivity index (χ0n) is 15.0. The third-order valence-corrected chi connectivity index (χ3v) is 4.95. The van der Waals surface area contributed by atoms with Gasteiger partial charge in [-0.15, -0.1) is 0 Å². The van der Waals surface area contributed by atoms with Crippen molar-refractivity contribution >= 4 is 29.1 Å². The molecule has 1 aliphatic rings. The summed E-state index contributed by atoms with van der Waals surface area (Å²) in [7, 11) is 0. The summed E-state index contributed by atoms with van der Waals surface area (Å²) >= 11 is 5.96. The molecule has 1 saturated heterocycles. The van der Waals surface area contributed by atoms with E-state index in [0.29, 0.717) is 17.0 Å². The van der Waals surface area contributed by atoms with Crippen molar-refractivity contribution in [3.05, 3.63) is 64.7 Å². The lowest BCUT2D eigenvalue weighted by atomic mass is 9.95. The molecule has 1 unspecified atom stereocenters. The zero-order valence-corrected chi connectivity index (χ0v) is 15.8. The predicted molar refractivity (Wildman–Crippen MR) is 105 cm³/mol. The molecule has 4 nitrogen and oxygen atoms in total. The van der Waals surface area contributed by atoms with Crippen LogP contribution in [0.3, 0.4) is 0 Å². The van der Waals surface area contributed by atoms with Gasteiger partial charge in [-0.3, -0.25) is 9.59 Å². The smallest absolute Gasteiger partial charge is 0.251 e. The van der Waals surface area contributed by atoms with Crippen molar-refractivity contribution in [1.29, 1.82) is 0 Å². The maximum Gasteiger partial charge on any atom is 0.251 e. The van der Waals surface area contributed by atoms with Crippen molar-refractivity contribution in [2.24, 2.45) is 5.92 Å². The van der Waals surface area contributed by atoms with Crippen molar-refractivity contribution in [2.75, 3.05) is 11.4 Å². The van der Waals surface area contributed by atoms with Crippen LogP contribution >= 0.6 is 11.6 Å². The molecule has 3 rings (SSSR count). The van der Waals surface area contributed by atoms with Crippen LogP contribution in [0.4, 0.5) is 5.69 Å². The van der Waals surface area contributed by atoms with Crippen LogP contribution in [-0.4, -0.2) is 18.4 Å². The van der Waals surface area contributed by atoms with Gasteiger partial charge in [0.15, 0.2) is 0 Å². The second-order valence-corrected chi connectivity index (χ2v) is 7.38. The number of hydrogen-bond donors (Lipinski definition) is 1. The Morgan fingerprint density at radius 1 is 1.08 bits per heavy atom. The molecule has 2 amide bonds. The molecule has 0 bridgehead atoms. The van der Waals surface area contributed by atoms with Crippen molar-refractivity contribution in [1.82, 2.24) is 5.32 Å². The van der Waals surface area contributed by atoms with Crippen LogP contribution in [0.25, 0.3) is 0 Å². The van der Waals surface area contributed by atoms with E-state index in [2.05, 4.69) is 19.2 Å². The van der Waals surface area contributed by atoms with Crippen LogP contribution < -0.4 is 10.2 Å². The molecule has 0 saturated carbocycles. The minimum Gasteiger partial charge on any atom is -0.345 e. The van der Waals surface area contributed by atoms with Crippen LogP contribution in [0.15, 0.2) is 48.5 Å². The molecule has 1 aliphatic heterocycles. The highest BCUT2D eigenvalue weighted by atomic mass is 35.5. The summed E-state index contributed by atoms with van der Waals surface area (Å²) in [5.41, 5.74) is 2.46. The molecule has 1 fully saturated rings. The number of carbonyl (C=O) groups excluding carboxylic acids is 2. The monoisotopic (exact) mass is 370 g/mol. The summed E-state index contributed by atoms with van der Waals surface area (Å²) in [6, 6.07) is 14.7. The topological polar surface area (TPSA) is 49.4 Å². The predicted octanol–water partition coefficient (Wildman–Crippen LogP) is 4.59. The average molecular weight is 371 g/mol. The van der Waals surface area contributed by atoms with Crippen molar-refractivity contribution in [2.45, 2.75) is 32.7 Å². The molecule has 1 N–H and O–H groups in total. The fraction of sp³-hybridized carbons (Fsp3) is 0.333. The highest BCUT2D eigenvalue weighted by molar-refractivity contribution is 6.30. The van der Waals surface area contributed by atoms with E-state index in [1.807, 2.05) is 36.4 Å². The van der Waals surface area contributed by atoms with Crippen molar-refractivity contribution in [3.63, 3.8) is 0 Å². The third-order valence-electron chi connectivity index (χ3n) is 4.70. The van der Waals surface area contributed by atoms with Gasteiger partial charge in [0, 0.05) is 29.2 Å². The van der Waals surface area contributed by atoms with Gasteiger partial charge < -0.3 is 10.2 Å². The van der Waals surface area contributed by atoms with Crippen LogP contribution in [0.5, 0.6) is 0 Å². The Balaban J connectivity index is 1.73. The summed E-state index contributed by atoms with van der Waals surface area (Å²) in [5.74, 6) is 0.254. The lowest BCUT2D eigenvalue weighted by Gasteiger charge is -2.23. The van der Waals surface area contributed by atoms with E-state index in [4.69, 9.17) is 11.6 Å². The summed E-state index contributed by atoms with van der Waals surface area (Å²) in [4.78, 5) is 26.3. The lowest BCUT2D eigenvalue weighted by molar-refractivity contribution is -0.117. The first-order valence-electron chi connectivity index (χ1n) is 8.92. The first kappa shape index (κ1) is 18.5. The first-order valence-corrected chi connectivity index (χ1v) is 9.30. The van der Waals surface area contributed by atoms with Gasteiger partial charge in [0.1, 0.15) is 0 Å². The van der Waals surface area contributed by atoms with E-state index in [0.717, 1.165) is 24.2 Å². The molecule has 1 atom stereocenters. The Labute approximate surface area is 159 Å². The molecule has 136 valence electrons. The molecule has 1 heterocycles. The average Bonchev–Trinajstić information content (AvgIpc) is 3.06. The largest absolute Gasteiger partial charge is 0.345 e. The number of hydrogen-bond acceptors (Lipinski definition) is 2. The Bertz CT molecular complexity index is 785. The molecular weight excluding hydrogens is 348 g/mol. The summed E-state index contributed by atoms with van der Waals surface area (Å²) in [5, 5.41) is 3.78. The zero-order chi connectivity index (χ0) is 18.7. The maximum absolute atomic E-state index is 12.7. The minimum absolute atomic E-state index is 0.0976. The summed E-state index contributed by atoms with van der Waals surface area (Å²) in [6.45, 7) is 4.89. The van der Waals surface area contributed by atoms with Gasteiger partial charge in [-0.05, 0) is 54.3 Å². The number of amides is 2. The number of halogens is 1. The lowest BCUT2D eigenvalue weighted by Crippen LogP contribution is -2.31. The molecule has 0 aliphatic carbocycles. The van der Waals surface area contributed by atoms with E-state index >= 15 is 0 Å². The number of nitrogens with zero attached hydrogens (tertiary/aromatic N) is 1. The SMILES string of the molecule is CC(C)C(NC(=O)c1ccc(N2CCCC2=O)cc1)c1ccc(Cl)cc1. The highest BCUT2D eigenvalue weighted by Gasteiger charge is 2.22. The van der Waals surface area contributed by atoms with Gasteiger partial charge in [0.2, 0.25) is 5.91 Å². The van der Waals surface area contributed by atoms with E-state index in [1.54, 1.807) is 17.0 Å². The van der Waals surface area contributed by atoms with Crippen LogP contribution in [-0.2, 0) is 4.79 Å². The number of carbonyl (C=O) groups is 2. The normalized spacial score (nSPS) is 15.4. The molecule has 0 radical (unpaired) electrons. The second-order valence-electron chi connectivity index (χ2n) is 6.94. The van der Waals surface area contributed by atoms with Gasteiger partial charge in [-0.2, -0.15) is 0 Å². The molecular formula is C21H23ClN2O2. The van der Waals surface area contributed by atoms with E-state index < -0.39 is 0 Å². The fourth-order valence-electron chi connectivity index (χ4n) is 3.24. The maximum atomic E-state index is 12.7. The Hall–Kier alpha value is -2.33. The second kappa shape index (κ2) is 7.92. The Kier molecular flexibility index (Phi) is 5.62. The van der Waals surface area contributed by atoms with Gasteiger partial charge in [-0.1, -0.05) is 37.6 Å². The molecule has 2 aromatic rings. The van der Waals surface area contributed by atoms with Crippen molar-refractivity contribution in [3.8, 4) is 0 Å². The first-order chi connectivity index (χ1) is 12.5.